The number of carbonyl (C=O) groups excluding carboxylic acids is 2. The Kier molecular flexibility index (Phi) is 5.99. The van der Waals surface area contributed by atoms with E-state index in [0.717, 1.165) is 31.0 Å². The maximum absolute atomic E-state index is 13.5. The fourth-order valence-corrected chi connectivity index (χ4v) is 3.50. The molecule has 4 atom stereocenters. The number of alkyl halides is 3. The quantitative estimate of drug-likeness (QED) is 0.431. The van der Waals surface area contributed by atoms with Gasteiger partial charge in [0, 0.05) is 24.7 Å². The number of esters is 1. The summed E-state index contributed by atoms with van der Waals surface area (Å²) >= 11 is 5.54. The maximum atomic E-state index is 13.5. The molecule has 28 heavy (non-hydrogen) atoms. The first-order chi connectivity index (χ1) is 13.1. The molecule has 2 saturated heterocycles. The van der Waals surface area contributed by atoms with Crippen molar-refractivity contribution in [1.82, 2.24) is 10.6 Å². The number of piperidine rings is 2. The summed E-state index contributed by atoms with van der Waals surface area (Å²) in [6.07, 6.45) is -5.14. The van der Waals surface area contributed by atoms with E-state index in [1.165, 1.54) is 0 Å². The number of hydrogen-bond acceptors (Lipinski definition) is 5. The number of carbonyl (C=O) groups is 2. The molecule has 0 aromatic heterocycles. The smallest absolute Gasteiger partial charge is 0.446 e. The molecule has 2 heterocycles. The Hall–Kier alpha value is -2.07. The molecular formula is C17H17ClF4N2O4. The van der Waals surface area contributed by atoms with E-state index in [1.54, 1.807) is 0 Å². The Morgan fingerprint density at radius 2 is 2.04 bits per heavy atom. The van der Waals surface area contributed by atoms with Crippen molar-refractivity contribution in [3.05, 3.63) is 29.0 Å². The van der Waals surface area contributed by atoms with Crippen LogP contribution in [0.4, 0.5) is 17.6 Å². The number of ether oxygens (including phenoxy) is 2. The van der Waals surface area contributed by atoms with Crippen LogP contribution in [0.1, 0.15) is 19.3 Å². The average molecular weight is 425 g/mol. The molecule has 6 nitrogen and oxygen atoms in total. The highest BCUT2D eigenvalue weighted by atomic mass is 35.5. The van der Waals surface area contributed by atoms with E-state index in [-0.39, 0.29) is 28.8 Å². The lowest BCUT2D eigenvalue weighted by Gasteiger charge is -2.43. The van der Waals surface area contributed by atoms with Crippen molar-refractivity contribution < 1.29 is 36.6 Å². The van der Waals surface area contributed by atoms with E-state index >= 15 is 0 Å². The van der Waals surface area contributed by atoms with Crippen LogP contribution < -0.4 is 15.4 Å². The SMILES string of the molecule is O=C(NC1CC2CCC1CN2)C(OC(=O)C(F)(F)F)Oc1ccc(Cl)c(F)c1. The summed E-state index contributed by atoms with van der Waals surface area (Å²) in [5.74, 6) is -4.75. The second-order valence-corrected chi connectivity index (χ2v) is 7.13. The Morgan fingerprint density at radius 1 is 1.29 bits per heavy atom. The van der Waals surface area contributed by atoms with Crippen LogP contribution in [-0.2, 0) is 14.3 Å². The molecule has 3 fully saturated rings. The molecule has 0 radical (unpaired) electrons. The van der Waals surface area contributed by atoms with Crippen LogP contribution in [0, 0.1) is 11.7 Å². The minimum absolute atomic E-state index is 0.112. The minimum atomic E-state index is -5.32. The van der Waals surface area contributed by atoms with Gasteiger partial charge in [-0.05, 0) is 37.3 Å². The number of nitrogens with one attached hydrogen (secondary N) is 2. The van der Waals surface area contributed by atoms with Gasteiger partial charge in [-0.15, -0.1) is 0 Å². The molecular weight excluding hydrogens is 408 g/mol. The molecule has 1 amide bonds. The molecule has 1 aromatic rings. The first-order valence-corrected chi connectivity index (χ1v) is 8.94. The third kappa shape index (κ3) is 4.85. The van der Waals surface area contributed by atoms with Gasteiger partial charge in [-0.25, -0.2) is 9.18 Å². The van der Waals surface area contributed by atoms with E-state index < -0.39 is 30.2 Å². The summed E-state index contributed by atoms with van der Waals surface area (Å²) in [4.78, 5) is 23.7. The van der Waals surface area contributed by atoms with Gasteiger partial charge in [0.15, 0.2) is 0 Å². The Balaban J connectivity index is 1.73. The normalized spacial score (nSPS) is 25.1. The standard InChI is InChI=1S/C17H17ClF4N2O4/c18-11-4-3-10(6-12(11)19)27-15(28-16(26)17(20,21)22)14(25)24-13-5-9-2-1-8(13)7-23-9/h3-4,6,8-9,13,15,23H,1-2,5,7H2,(H,24,25). The molecule has 3 aliphatic rings. The van der Waals surface area contributed by atoms with Gasteiger partial charge in [0.1, 0.15) is 11.6 Å². The van der Waals surface area contributed by atoms with Crippen LogP contribution in [0.3, 0.4) is 0 Å². The van der Waals surface area contributed by atoms with Crippen molar-refractivity contribution in [2.24, 2.45) is 5.92 Å². The van der Waals surface area contributed by atoms with Gasteiger partial charge in [0.2, 0.25) is 0 Å². The first-order valence-electron chi connectivity index (χ1n) is 8.56. The fourth-order valence-electron chi connectivity index (χ4n) is 3.38. The summed E-state index contributed by atoms with van der Waals surface area (Å²) in [5.41, 5.74) is 0. The summed E-state index contributed by atoms with van der Waals surface area (Å²) in [6.45, 7) is 0.672. The average Bonchev–Trinajstić information content (AvgIpc) is 2.64. The second kappa shape index (κ2) is 8.12. The third-order valence-corrected chi connectivity index (χ3v) is 5.09. The van der Waals surface area contributed by atoms with Crippen molar-refractivity contribution in [2.75, 3.05) is 6.54 Å². The zero-order valence-electron chi connectivity index (χ0n) is 14.4. The number of hydrogen-bond donors (Lipinski definition) is 2. The maximum Gasteiger partial charge on any atom is 0.491 e. The number of benzene rings is 1. The van der Waals surface area contributed by atoms with Gasteiger partial charge < -0.3 is 20.1 Å². The van der Waals surface area contributed by atoms with Crippen LogP contribution in [-0.4, -0.2) is 43.0 Å². The van der Waals surface area contributed by atoms with Crippen LogP contribution in [0.25, 0.3) is 0 Å². The predicted molar refractivity (Wildman–Crippen MR) is 89.0 cm³/mol. The van der Waals surface area contributed by atoms with E-state index in [4.69, 9.17) is 16.3 Å². The molecule has 1 aromatic carbocycles. The van der Waals surface area contributed by atoms with Gasteiger partial charge in [-0.1, -0.05) is 11.6 Å². The molecule has 4 unspecified atom stereocenters. The summed E-state index contributed by atoms with van der Waals surface area (Å²) in [7, 11) is 0. The van der Waals surface area contributed by atoms with Gasteiger partial charge in [0.05, 0.1) is 5.02 Å². The van der Waals surface area contributed by atoms with Crippen LogP contribution in [0.2, 0.25) is 5.02 Å². The third-order valence-electron chi connectivity index (χ3n) is 4.78. The van der Waals surface area contributed by atoms with Gasteiger partial charge in [-0.3, -0.25) is 4.79 Å². The molecule has 1 saturated carbocycles. The molecule has 2 N–H and O–H groups in total. The lowest BCUT2D eigenvalue weighted by atomic mass is 9.77. The van der Waals surface area contributed by atoms with Gasteiger partial charge in [-0.2, -0.15) is 13.2 Å². The predicted octanol–water partition coefficient (Wildman–Crippen LogP) is 2.55. The first kappa shape index (κ1) is 20.7. The summed E-state index contributed by atoms with van der Waals surface area (Å²) in [5, 5.41) is 5.62. The molecule has 1 aliphatic carbocycles. The molecule has 154 valence electrons. The molecule has 11 heteroatoms. The number of halogens is 5. The minimum Gasteiger partial charge on any atom is -0.446 e. The van der Waals surface area contributed by atoms with E-state index in [9.17, 15) is 27.2 Å². The van der Waals surface area contributed by atoms with Crippen LogP contribution >= 0.6 is 11.6 Å². The van der Waals surface area contributed by atoms with E-state index in [2.05, 4.69) is 15.4 Å². The monoisotopic (exact) mass is 424 g/mol. The zero-order valence-corrected chi connectivity index (χ0v) is 15.1. The Bertz CT molecular complexity index is 753. The second-order valence-electron chi connectivity index (χ2n) is 6.72. The van der Waals surface area contributed by atoms with E-state index in [1.807, 2.05) is 0 Å². The lowest BCUT2D eigenvalue weighted by Crippen LogP contribution is -2.59. The number of fused-ring (bicyclic) bond motifs is 3. The Morgan fingerprint density at radius 3 is 2.57 bits per heavy atom. The molecule has 2 bridgehead atoms. The van der Waals surface area contributed by atoms with Gasteiger partial charge >= 0.3 is 24.3 Å². The summed E-state index contributed by atoms with van der Waals surface area (Å²) < 4.78 is 60.5. The van der Waals surface area contributed by atoms with Crippen molar-refractivity contribution in [2.45, 2.75) is 43.8 Å². The van der Waals surface area contributed by atoms with E-state index in [0.29, 0.717) is 13.0 Å². The van der Waals surface area contributed by atoms with Crippen LogP contribution in [0.15, 0.2) is 18.2 Å². The highest BCUT2D eigenvalue weighted by Gasteiger charge is 2.45. The lowest BCUT2D eigenvalue weighted by molar-refractivity contribution is -0.216. The number of amides is 1. The summed E-state index contributed by atoms with van der Waals surface area (Å²) in [6, 6.07) is 2.93. The molecule has 4 rings (SSSR count). The van der Waals surface area contributed by atoms with Crippen molar-refractivity contribution in [1.29, 1.82) is 0 Å². The molecule has 2 aliphatic heterocycles. The van der Waals surface area contributed by atoms with Crippen molar-refractivity contribution >= 4 is 23.5 Å². The highest BCUT2D eigenvalue weighted by molar-refractivity contribution is 6.30. The molecule has 0 spiro atoms. The Labute approximate surface area is 162 Å². The topological polar surface area (TPSA) is 76.7 Å². The van der Waals surface area contributed by atoms with Crippen molar-refractivity contribution in [3.8, 4) is 5.75 Å². The van der Waals surface area contributed by atoms with Crippen LogP contribution in [0.5, 0.6) is 5.75 Å². The van der Waals surface area contributed by atoms with Crippen molar-refractivity contribution in [3.63, 3.8) is 0 Å². The van der Waals surface area contributed by atoms with Gasteiger partial charge in [0.25, 0.3) is 0 Å². The zero-order chi connectivity index (χ0) is 20.5. The fraction of sp³-hybridized carbons (Fsp3) is 0.529. The number of rotatable bonds is 5. The highest BCUT2D eigenvalue weighted by Crippen LogP contribution is 2.30. The largest absolute Gasteiger partial charge is 0.491 e.